The number of hydrogen-bond acceptors (Lipinski definition) is 2. The van der Waals surface area contributed by atoms with Gasteiger partial charge in [-0.2, -0.15) is 12.6 Å². The molecule has 0 aromatic heterocycles. The summed E-state index contributed by atoms with van der Waals surface area (Å²) in [6, 6.07) is 0.777. The first-order valence-electron chi connectivity index (χ1n) is 5.41. The van der Waals surface area contributed by atoms with Gasteiger partial charge in [0.15, 0.2) is 0 Å². The topological polar surface area (TPSA) is 12.0 Å². The molecule has 1 saturated carbocycles. The first-order valence-corrected chi connectivity index (χ1v) is 5.85. The smallest absolute Gasteiger partial charge is 0.00758 e. The van der Waals surface area contributed by atoms with Gasteiger partial charge in [-0.3, -0.25) is 0 Å². The van der Waals surface area contributed by atoms with Gasteiger partial charge in [-0.25, -0.2) is 0 Å². The fourth-order valence-corrected chi connectivity index (χ4v) is 2.62. The standard InChI is InChI=1S/C11H23NS/c1-11(2,13)8-9-4-6-10(12-3)7-5-9/h9-10,12-13H,4-8H2,1-3H3. The lowest BCUT2D eigenvalue weighted by molar-refractivity contribution is 0.275. The number of nitrogens with one attached hydrogen (secondary N) is 1. The third-order valence-electron chi connectivity index (χ3n) is 3.04. The molecule has 0 saturated heterocycles. The van der Waals surface area contributed by atoms with E-state index < -0.39 is 0 Å². The Kier molecular flexibility index (Phi) is 4.11. The third kappa shape index (κ3) is 4.37. The zero-order valence-electron chi connectivity index (χ0n) is 9.14. The summed E-state index contributed by atoms with van der Waals surface area (Å²) in [7, 11) is 2.08. The van der Waals surface area contributed by atoms with Crippen molar-refractivity contribution in [3.05, 3.63) is 0 Å². The highest BCUT2D eigenvalue weighted by molar-refractivity contribution is 7.81. The molecule has 0 bridgehead atoms. The summed E-state index contributed by atoms with van der Waals surface area (Å²) in [5.74, 6) is 0.914. The molecule has 0 spiro atoms. The molecule has 1 fully saturated rings. The van der Waals surface area contributed by atoms with E-state index in [9.17, 15) is 0 Å². The fraction of sp³-hybridized carbons (Fsp3) is 1.00. The molecule has 0 atom stereocenters. The van der Waals surface area contributed by atoms with Crippen molar-refractivity contribution in [3.63, 3.8) is 0 Å². The molecule has 13 heavy (non-hydrogen) atoms. The maximum Gasteiger partial charge on any atom is 0.00758 e. The Bertz CT molecular complexity index is 143. The molecule has 0 radical (unpaired) electrons. The number of thiol groups is 1. The van der Waals surface area contributed by atoms with E-state index in [1.807, 2.05) is 0 Å². The normalized spacial score (nSPS) is 30.5. The SMILES string of the molecule is CNC1CCC(CC(C)(C)S)CC1. The molecule has 1 rings (SSSR count). The molecular weight excluding hydrogens is 178 g/mol. The molecule has 1 nitrogen and oxygen atoms in total. The molecule has 0 aromatic carbocycles. The molecule has 0 unspecified atom stereocenters. The second-order valence-corrected chi connectivity index (χ2v) is 6.23. The zero-order chi connectivity index (χ0) is 9.90. The van der Waals surface area contributed by atoms with Crippen LogP contribution in [-0.2, 0) is 0 Å². The summed E-state index contributed by atoms with van der Waals surface area (Å²) in [4.78, 5) is 0. The lowest BCUT2D eigenvalue weighted by Gasteiger charge is -2.32. The van der Waals surface area contributed by atoms with Crippen LogP contribution in [0.5, 0.6) is 0 Å². The van der Waals surface area contributed by atoms with Crippen molar-refractivity contribution in [2.45, 2.75) is 56.7 Å². The van der Waals surface area contributed by atoms with Gasteiger partial charge in [0.1, 0.15) is 0 Å². The largest absolute Gasteiger partial charge is 0.317 e. The van der Waals surface area contributed by atoms with Crippen LogP contribution in [0.2, 0.25) is 0 Å². The van der Waals surface area contributed by atoms with Gasteiger partial charge in [0, 0.05) is 10.8 Å². The van der Waals surface area contributed by atoms with E-state index in [4.69, 9.17) is 0 Å². The fourth-order valence-electron chi connectivity index (χ4n) is 2.36. The van der Waals surface area contributed by atoms with Gasteiger partial charge in [0.25, 0.3) is 0 Å². The van der Waals surface area contributed by atoms with Gasteiger partial charge in [-0.1, -0.05) is 13.8 Å². The van der Waals surface area contributed by atoms with Gasteiger partial charge < -0.3 is 5.32 Å². The molecule has 78 valence electrons. The van der Waals surface area contributed by atoms with E-state index in [0.717, 1.165) is 12.0 Å². The maximum atomic E-state index is 4.59. The van der Waals surface area contributed by atoms with Gasteiger partial charge in [-0.05, 0) is 45.1 Å². The first kappa shape index (κ1) is 11.4. The van der Waals surface area contributed by atoms with Crippen LogP contribution in [0, 0.1) is 5.92 Å². The van der Waals surface area contributed by atoms with Crippen LogP contribution in [0.1, 0.15) is 46.0 Å². The summed E-state index contributed by atoms with van der Waals surface area (Å²) < 4.78 is 0.219. The van der Waals surface area contributed by atoms with Gasteiger partial charge >= 0.3 is 0 Å². The average Bonchev–Trinajstić information content (AvgIpc) is 2.03. The molecule has 0 aromatic rings. The van der Waals surface area contributed by atoms with Crippen molar-refractivity contribution < 1.29 is 0 Å². The summed E-state index contributed by atoms with van der Waals surface area (Å²) in [5.41, 5.74) is 0. The van der Waals surface area contributed by atoms with Crippen LogP contribution in [-0.4, -0.2) is 17.8 Å². The minimum atomic E-state index is 0.219. The van der Waals surface area contributed by atoms with Gasteiger partial charge in [-0.15, -0.1) is 0 Å². The molecule has 0 heterocycles. The molecule has 2 heteroatoms. The van der Waals surface area contributed by atoms with E-state index >= 15 is 0 Å². The van der Waals surface area contributed by atoms with Crippen LogP contribution in [0.4, 0.5) is 0 Å². The minimum Gasteiger partial charge on any atom is -0.317 e. The molecular formula is C11H23NS. The van der Waals surface area contributed by atoms with Crippen molar-refractivity contribution in [1.82, 2.24) is 5.32 Å². The van der Waals surface area contributed by atoms with E-state index in [2.05, 4.69) is 38.8 Å². The molecule has 1 aliphatic rings. The third-order valence-corrected chi connectivity index (χ3v) is 3.23. The lowest BCUT2D eigenvalue weighted by Crippen LogP contribution is -2.31. The minimum absolute atomic E-state index is 0.219. The number of hydrogen-bond donors (Lipinski definition) is 2. The summed E-state index contributed by atoms with van der Waals surface area (Å²) in [6.07, 6.45) is 6.74. The van der Waals surface area contributed by atoms with Crippen molar-refractivity contribution in [2.24, 2.45) is 5.92 Å². The zero-order valence-corrected chi connectivity index (χ0v) is 10.0. The Morgan fingerprint density at radius 2 is 1.77 bits per heavy atom. The molecule has 0 aliphatic heterocycles. The molecule has 1 aliphatic carbocycles. The Labute approximate surface area is 88.1 Å². The van der Waals surface area contributed by atoms with Crippen molar-refractivity contribution in [1.29, 1.82) is 0 Å². The Morgan fingerprint density at radius 1 is 1.23 bits per heavy atom. The predicted octanol–water partition coefficient (Wildman–Crippen LogP) is 2.86. The van der Waals surface area contributed by atoms with E-state index in [1.54, 1.807) is 0 Å². The highest BCUT2D eigenvalue weighted by atomic mass is 32.1. The Morgan fingerprint density at radius 3 is 2.15 bits per heavy atom. The first-order chi connectivity index (χ1) is 6.01. The van der Waals surface area contributed by atoms with Crippen molar-refractivity contribution in [2.75, 3.05) is 7.05 Å². The van der Waals surface area contributed by atoms with E-state index in [1.165, 1.54) is 32.1 Å². The Balaban J connectivity index is 2.25. The van der Waals surface area contributed by atoms with Crippen molar-refractivity contribution in [3.8, 4) is 0 Å². The second-order valence-electron chi connectivity index (χ2n) is 5.02. The van der Waals surface area contributed by atoms with Gasteiger partial charge in [0.2, 0.25) is 0 Å². The summed E-state index contributed by atoms with van der Waals surface area (Å²) >= 11 is 4.59. The van der Waals surface area contributed by atoms with Crippen LogP contribution in [0.3, 0.4) is 0 Å². The van der Waals surface area contributed by atoms with Gasteiger partial charge in [0.05, 0.1) is 0 Å². The highest BCUT2D eigenvalue weighted by Crippen LogP contribution is 2.32. The van der Waals surface area contributed by atoms with Crippen LogP contribution < -0.4 is 5.32 Å². The summed E-state index contributed by atoms with van der Waals surface area (Å²) in [6.45, 7) is 4.44. The van der Waals surface area contributed by atoms with Crippen LogP contribution >= 0.6 is 12.6 Å². The van der Waals surface area contributed by atoms with E-state index in [0.29, 0.717) is 0 Å². The number of rotatable bonds is 3. The molecule has 1 N–H and O–H groups in total. The summed E-state index contributed by atoms with van der Waals surface area (Å²) in [5, 5.41) is 3.37. The predicted molar refractivity (Wildman–Crippen MR) is 62.5 cm³/mol. The van der Waals surface area contributed by atoms with Crippen LogP contribution in [0.15, 0.2) is 0 Å². The van der Waals surface area contributed by atoms with Crippen LogP contribution in [0.25, 0.3) is 0 Å². The average molecular weight is 201 g/mol. The highest BCUT2D eigenvalue weighted by Gasteiger charge is 2.24. The maximum absolute atomic E-state index is 4.59. The Hall–Kier alpha value is 0.310. The lowest BCUT2D eigenvalue weighted by atomic mass is 9.81. The van der Waals surface area contributed by atoms with Crippen molar-refractivity contribution >= 4 is 12.6 Å². The molecule has 0 amide bonds. The second kappa shape index (κ2) is 4.70. The van der Waals surface area contributed by atoms with E-state index in [-0.39, 0.29) is 4.75 Å². The quantitative estimate of drug-likeness (QED) is 0.669. The monoisotopic (exact) mass is 201 g/mol.